The summed E-state index contributed by atoms with van der Waals surface area (Å²) in [7, 11) is 0. The predicted molar refractivity (Wildman–Crippen MR) is 107 cm³/mol. The first-order chi connectivity index (χ1) is 13.0. The molecule has 4 nitrogen and oxygen atoms in total. The molecule has 0 bridgehead atoms. The second kappa shape index (κ2) is 8.41. The van der Waals surface area contributed by atoms with E-state index in [0.717, 1.165) is 17.3 Å². The summed E-state index contributed by atoms with van der Waals surface area (Å²) in [6, 6.07) is 12.6. The number of rotatable bonds is 4. The number of aliphatic hydroxyl groups is 1. The third kappa shape index (κ3) is 4.59. The van der Waals surface area contributed by atoms with Crippen LogP contribution in [0.25, 0.3) is 6.08 Å². The summed E-state index contributed by atoms with van der Waals surface area (Å²) in [6.07, 6.45) is 1.72. The van der Waals surface area contributed by atoms with Gasteiger partial charge in [0.2, 0.25) is 0 Å². The number of ether oxygens (including phenoxy) is 1. The lowest BCUT2D eigenvalue weighted by Gasteiger charge is -2.03. The van der Waals surface area contributed by atoms with Crippen molar-refractivity contribution in [2.45, 2.75) is 6.92 Å². The van der Waals surface area contributed by atoms with E-state index in [1.807, 2.05) is 0 Å². The zero-order chi connectivity index (χ0) is 19.4. The predicted octanol–water partition coefficient (Wildman–Crippen LogP) is 5.67. The Balaban J connectivity index is 2.02. The first-order valence-electron chi connectivity index (χ1n) is 8.08. The molecule has 138 valence electrons. The van der Waals surface area contributed by atoms with Gasteiger partial charge in [-0.25, -0.2) is 14.2 Å². The molecule has 1 aliphatic rings. The number of thioether (sulfide) groups is 1. The Morgan fingerprint density at radius 3 is 2.52 bits per heavy atom. The molecule has 0 spiro atoms. The van der Waals surface area contributed by atoms with Crippen molar-refractivity contribution in [3.63, 3.8) is 0 Å². The third-order valence-electron chi connectivity index (χ3n) is 3.60. The van der Waals surface area contributed by atoms with Crippen LogP contribution in [0.3, 0.4) is 0 Å². The number of hydrogen-bond donors (Lipinski definition) is 1. The van der Waals surface area contributed by atoms with Crippen LogP contribution >= 0.6 is 23.4 Å². The van der Waals surface area contributed by atoms with E-state index >= 15 is 0 Å². The fourth-order valence-electron chi connectivity index (χ4n) is 2.34. The van der Waals surface area contributed by atoms with E-state index in [0.29, 0.717) is 15.6 Å². The van der Waals surface area contributed by atoms with Crippen molar-refractivity contribution < 1.29 is 19.0 Å². The van der Waals surface area contributed by atoms with Crippen LogP contribution in [-0.2, 0) is 9.53 Å². The third-order valence-corrected chi connectivity index (χ3v) is 4.87. The summed E-state index contributed by atoms with van der Waals surface area (Å²) in [5.41, 5.74) is 1.26. The maximum Gasteiger partial charge on any atom is 0.344 e. The van der Waals surface area contributed by atoms with E-state index in [2.05, 4.69) is 4.99 Å². The molecule has 0 unspecified atom stereocenters. The lowest BCUT2D eigenvalue weighted by Crippen LogP contribution is -2.12. The highest BCUT2D eigenvalue weighted by Crippen LogP contribution is 2.40. The first-order valence-corrected chi connectivity index (χ1v) is 9.28. The Kier molecular flexibility index (Phi) is 5.98. The molecule has 0 amide bonds. The van der Waals surface area contributed by atoms with E-state index < -0.39 is 5.97 Å². The Labute approximate surface area is 165 Å². The van der Waals surface area contributed by atoms with Crippen LogP contribution in [0.5, 0.6) is 0 Å². The maximum atomic E-state index is 13.1. The molecule has 1 aliphatic heterocycles. The number of halogens is 2. The van der Waals surface area contributed by atoms with Crippen LogP contribution < -0.4 is 0 Å². The van der Waals surface area contributed by atoms with Gasteiger partial charge in [0.05, 0.1) is 17.2 Å². The second-order valence-electron chi connectivity index (χ2n) is 5.50. The van der Waals surface area contributed by atoms with E-state index in [1.54, 1.807) is 37.3 Å². The summed E-state index contributed by atoms with van der Waals surface area (Å²) in [6.45, 7) is 1.85. The van der Waals surface area contributed by atoms with Crippen molar-refractivity contribution in [2.24, 2.45) is 4.99 Å². The summed E-state index contributed by atoms with van der Waals surface area (Å²) < 4.78 is 18.1. The number of esters is 1. The van der Waals surface area contributed by atoms with Gasteiger partial charge in [0.15, 0.2) is 0 Å². The maximum absolute atomic E-state index is 13.1. The Hall–Kier alpha value is -2.57. The van der Waals surface area contributed by atoms with Gasteiger partial charge in [-0.3, -0.25) is 0 Å². The van der Waals surface area contributed by atoms with Crippen LogP contribution in [0, 0.1) is 5.82 Å². The smallest absolute Gasteiger partial charge is 0.344 e. The van der Waals surface area contributed by atoms with Gasteiger partial charge in [-0.1, -0.05) is 35.5 Å². The summed E-state index contributed by atoms with van der Waals surface area (Å²) >= 11 is 7.03. The van der Waals surface area contributed by atoms with Crippen molar-refractivity contribution in [3.05, 3.63) is 81.2 Å². The Morgan fingerprint density at radius 2 is 1.89 bits per heavy atom. The van der Waals surface area contributed by atoms with Crippen LogP contribution in [0.1, 0.15) is 12.5 Å². The van der Waals surface area contributed by atoms with Gasteiger partial charge < -0.3 is 9.84 Å². The van der Waals surface area contributed by atoms with Gasteiger partial charge in [-0.2, -0.15) is 0 Å². The molecule has 2 aromatic carbocycles. The SMILES string of the molecule is CCOC(=O)C1=C(O)C(=Cc2ccc(Cl)cc2)SC1=Nc1ccc(F)cc1. The molecule has 1 N–H and O–H groups in total. The summed E-state index contributed by atoms with van der Waals surface area (Å²) in [4.78, 5) is 17.1. The van der Waals surface area contributed by atoms with Gasteiger partial charge in [0.1, 0.15) is 22.2 Å². The molecule has 0 saturated carbocycles. The van der Waals surface area contributed by atoms with E-state index in [1.165, 1.54) is 24.3 Å². The number of carbonyl (C=O) groups is 1. The molecule has 0 radical (unpaired) electrons. The quantitative estimate of drug-likeness (QED) is 0.668. The van der Waals surface area contributed by atoms with Crippen molar-refractivity contribution in [1.29, 1.82) is 0 Å². The zero-order valence-corrected chi connectivity index (χ0v) is 15.9. The topological polar surface area (TPSA) is 58.9 Å². The van der Waals surface area contributed by atoms with Crippen LogP contribution in [0.15, 0.2) is 69.8 Å². The fourth-order valence-corrected chi connectivity index (χ4v) is 3.50. The highest BCUT2D eigenvalue weighted by molar-refractivity contribution is 8.18. The molecule has 1 heterocycles. The fraction of sp³-hybridized carbons (Fsp3) is 0.100. The summed E-state index contributed by atoms with van der Waals surface area (Å²) in [5.74, 6) is -1.25. The van der Waals surface area contributed by atoms with Gasteiger partial charge in [0.25, 0.3) is 0 Å². The van der Waals surface area contributed by atoms with Crippen molar-refractivity contribution in [3.8, 4) is 0 Å². The number of nitrogens with zero attached hydrogens (tertiary/aromatic N) is 1. The normalized spacial score (nSPS) is 17.0. The molecular weight excluding hydrogens is 389 g/mol. The first kappa shape index (κ1) is 19.2. The molecule has 0 fully saturated rings. The number of hydrogen-bond acceptors (Lipinski definition) is 5. The molecule has 0 aromatic heterocycles. The van der Waals surface area contributed by atoms with E-state index in [-0.39, 0.29) is 28.8 Å². The van der Waals surface area contributed by atoms with Crippen LogP contribution in [0.4, 0.5) is 10.1 Å². The average Bonchev–Trinajstić information content (AvgIpc) is 2.94. The van der Waals surface area contributed by atoms with E-state index in [4.69, 9.17) is 16.3 Å². The number of carbonyl (C=O) groups excluding carboxylic acids is 1. The average molecular weight is 404 g/mol. The molecule has 7 heteroatoms. The van der Waals surface area contributed by atoms with Gasteiger partial charge in [-0.15, -0.1) is 0 Å². The summed E-state index contributed by atoms with van der Waals surface area (Å²) in [5, 5.41) is 11.5. The van der Waals surface area contributed by atoms with Crippen LogP contribution in [-0.4, -0.2) is 22.7 Å². The lowest BCUT2D eigenvalue weighted by molar-refractivity contribution is -0.138. The van der Waals surface area contributed by atoms with Gasteiger partial charge in [-0.05, 0) is 55.0 Å². The van der Waals surface area contributed by atoms with Crippen LogP contribution in [0.2, 0.25) is 5.02 Å². The monoisotopic (exact) mass is 403 g/mol. The minimum atomic E-state index is -0.664. The molecular formula is C20H15ClFNO3S. The molecule has 0 atom stereocenters. The number of aliphatic imine (C=N–C) groups is 1. The molecule has 0 aliphatic carbocycles. The molecule has 3 rings (SSSR count). The number of benzene rings is 2. The second-order valence-corrected chi connectivity index (χ2v) is 6.97. The van der Waals surface area contributed by atoms with Crippen molar-refractivity contribution in [1.82, 2.24) is 0 Å². The minimum Gasteiger partial charge on any atom is -0.506 e. The molecule has 0 saturated heterocycles. The molecule has 2 aromatic rings. The Morgan fingerprint density at radius 1 is 1.22 bits per heavy atom. The highest BCUT2D eigenvalue weighted by Gasteiger charge is 2.33. The number of aliphatic hydroxyl groups excluding tert-OH is 1. The van der Waals surface area contributed by atoms with Crippen molar-refractivity contribution in [2.75, 3.05) is 6.61 Å². The van der Waals surface area contributed by atoms with Gasteiger partial charge in [0, 0.05) is 5.02 Å². The zero-order valence-electron chi connectivity index (χ0n) is 14.3. The van der Waals surface area contributed by atoms with E-state index in [9.17, 15) is 14.3 Å². The standard InChI is InChI=1S/C20H15ClFNO3S/c1-2-26-20(25)17-18(24)16(11-12-3-5-13(21)6-4-12)27-19(17)23-15-9-7-14(22)8-10-15/h3-11,24H,2H2,1H3. The van der Waals surface area contributed by atoms with Crippen molar-refractivity contribution >= 4 is 46.1 Å². The highest BCUT2D eigenvalue weighted by atomic mass is 35.5. The largest absolute Gasteiger partial charge is 0.506 e. The lowest BCUT2D eigenvalue weighted by atomic mass is 10.1. The molecule has 27 heavy (non-hydrogen) atoms. The minimum absolute atomic E-state index is 0.00797. The Bertz CT molecular complexity index is 950. The van der Waals surface area contributed by atoms with Gasteiger partial charge >= 0.3 is 5.97 Å².